The molecule has 1 heterocycles. The molecule has 2 N–H and O–H groups in total. The van der Waals surface area contributed by atoms with Gasteiger partial charge in [-0.1, -0.05) is 12.1 Å². The third kappa shape index (κ3) is 2.79. The van der Waals surface area contributed by atoms with E-state index in [1.54, 1.807) is 12.1 Å². The van der Waals surface area contributed by atoms with E-state index < -0.39 is 18.9 Å². The summed E-state index contributed by atoms with van der Waals surface area (Å²) in [4.78, 5) is 11.8. The van der Waals surface area contributed by atoms with Crippen LogP contribution in [0.4, 0.5) is 8.78 Å². The van der Waals surface area contributed by atoms with Crippen LogP contribution in [0.2, 0.25) is 0 Å². The summed E-state index contributed by atoms with van der Waals surface area (Å²) in [6, 6.07) is 5.42. The van der Waals surface area contributed by atoms with Gasteiger partial charge in [-0.05, 0) is 30.2 Å². The number of hydrogen-bond acceptors (Lipinski definition) is 2. The maximum atomic E-state index is 12.0. The van der Waals surface area contributed by atoms with E-state index in [1.165, 1.54) is 0 Å². The van der Waals surface area contributed by atoms with Gasteiger partial charge in [0.2, 0.25) is 0 Å². The van der Waals surface area contributed by atoms with E-state index in [9.17, 15) is 13.6 Å². The SMILES string of the molecule is O=C(NCC(F)F)c1cccc2c1CCNC2. The number of benzene rings is 1. The second-order valence-electron chi connectivity index (χ2n) is 3.97. The van der Waals surface area contributed by atoms with Crippen LogP contribution in [0.3, 0.4) is 0 Å². The van der Waals surface area contributed by atoms with Crippen LogP contribution in [0.1, 0.15) is 21.5 Å². The van der Waals surface area contributed by atoms with E-state index in [-0.39, 0.29) is 0 Å². The van der Waals surface area contributed by atoms with Crippen molar-refractivity contribution in [3.05, 3.63) is 34.9 Å². The Morgan fingerprint density at radius 3 is 3.06 bits per heavy atom. The lowest BCUT2D eigenvalue weighted by atomic mass is 9.95. The number of carbonyl (C=O) groups is 1. The molecule has 5 heteroatoms. The Hall–Kier alpha value is -1.49. The van der Waals surface area contributed by atoms with Crippen LogP contribution < -0.4 is 10.6 Å². The lowest BCUT2D eigenvalue weighted by molar-refractivity contribution is 0.0890. The van der Waals surface area contributed by atoms with Gasteiger partial charge in [0.1, 0.15) is 0 Å². The summed E-state index contributed by atoms with van der Waals surface area (Å²) in [5.41, 5.74) is 2.56. The first-order chi connectivity index (χ1) is 8.18. The third-order valence-corrected chi connectivity index (χ3v) is 2.80. The van der Waals surface area contributed by atoms with Crippen molar-refractivity contribution in [2.75, 3.05) is 13.1 Å². The minimum Gasteiger partial charge on any atom is -0.346 e. The first kappa shape index (κ1) is 12.0. The minimum absolute atomic E-state index is 0.413. The number of nitrogens with one attached hydrogen (secondary N) is 2. The Bertz CT molecular complexity index is 421. The van der Waals surface area contributed by atoms with Crippen molar-refractivity contribution in [2.45, 2.75) is 19.4 Å². The lowest BCUT2D eigenvalue weighted by Gasteiger charge is -2.19. The predicted octanol–water partition coefficient (Wildman–Crippen LogP) is 1.33. The standard InChI is InChI=1S/C12H14F2N2O/c13-11(14)7-16-12(17)10-3-1-2-8-6-15-5-4-9(8)10/h1-3,11,15H,4-7H2,(H,16,17). The highest BCUT2D eigenvalue weighted by molar-refractivity contribution is 5.96. The van der Waals surface area contributed by atoms with Gasteiger partial charge < -0.3 is 10.6 Å². The average molecular weight is 240 g/mol. The molecule has 1 aliphatic heterocycles. The van der Waals surface area contributed by atoms with Crippen molar-refractivity contribution in [3.8, 4) is 0 Å². The highest BCUT2D eigenvalue weighted by Crippen LogP contribution is 2.18. The van der Waals surface area contributed by atoms with Gasteiger partial charge in [-0.2, -0.15) is 0 Å². The first-order valence-corrected chi connectivity index (χ1v) is 5.56. The molecule has 0 fully saturated rings. The molecule has 3 nitrogen and oxygen atoms in total. The maximum Gasteiger partial charge on any atom is 0.255 e. The number of halogens is 2. The summed E-state index contributed by atoms with van der Waals surface area (Å²) in [6.07, 6.45) is -1.76. The molecule has 0 spiro atoms. The van der Waals surface area contributed by atoms with Crippen molar-refractivity contribution >= 4 is 5.91 Å². The molecule has 1 aliphatic rings. The van der Waals surface area contributed by atoms with Gasteiger partial charge in [-0.15, -0.1) is 0 Å². The minimum atomic E-state index is -2.51. The van der Waals surface area contributed by atoms with Crippen molar-refractivity contribution in [1.29, 1.82) is 0 Å². The lowest BCUT2D eigenvalue weighted by Crippen LogP contribution is -2.31. The van der Waals surface area contributed by atoms with E-state index in [1.807, 2.05) is 6.07 Å². The molecular formula is C12H14F2N2O. The molecule has 0 unspecified atom stereocenters. The zero-order valence-electron chi connectivity index (χ0n) is 9.30. The highest BCUT2D eigenvalue weighted by atomic mass is 19.3. The third-order valence-electron chi connectivity index (χ3n) is 2.80. The van der Waals surface area contributed by atoms with Crippen LogP contribution in [0.15, 0.2) is 18.2 Å². The molecule has 0 bridgehead atoms. The Labute approximate surface area is 98.2 Å². The zero-order valence-corrected chi connectivity index (χ0v) is 9.30. The molecule has 0 saturated heterocycles. The molecule has 0 saturated carbocycles. The molecule has 1 amide bonds. The number of carbonyl (C=O) groups excluding carboxylic acids is 1. The van der Waals surface area contributed by atoms with Crippen molar-refractivity contribution in [1.82, 2.24) is 10.6 Å². The second kappa shape index (κ2) is 5.23. The average Bonchev–Trinajstić information content (AvgIpc) is 2.35. The summed E-state index contributed by atoms with van der Waals surface area (Å²) in [5, 5.41) is 5.44. The number of amides is 1. The number of alkyl halides is 2. The van der Waals surface area contributed by atoms with E-state index in [2.05, 4.69) is 10.6 Å². The van der Waals surface area contributed by atoms with Crippen LogP contribution in [0.25, 0.3) is 0 Å². The predicted molar refractivity (Wildman–Crippen MR) is 60.2 cm³/mol. The van der Waals surface area contributed by atoms with Gasteiger partial charge in [-0.25, -0.2) is 8.78 Å². The normalized spacial score (nSPS) is 14.5. The first-order valence-electron chi connectivity index (χ1n) is 5.56. The molecule has 0 aliphatic carbocycles. The van der Waals surface area contributed by atoms with E-state index in [4.69, 9.17) is 0 Å². The Morgan fingerprint density at radius 2 is 2.29 bits per heavy atom. The van der Waals surface area contributed by atoms with Gasteiger partial charge in [0.15, 0.2) is 0 Å². The second-order valence-corrected chi connectivity index (χ2v) is 3.97. The van der Waals surface area contributed by atoms with Gasteiger partial charge in [0, 0.05) is 12.1 Å². The van der Waals surface area contributed by atoms with E-state index >= 15 is 0 Å². The number of hydrogen-bond donors (Lipinski definition) is 2. The Kier molecular flexibility index (Phi) is 3.68. The molecule has 1 aromatic carbocycles. The zero-order chi connectivity index (χ0) is 12.3. The van der Waals surface area contributed by atoms with Gasteiger partial charge in [-0.3, -0.25) is 4.79 Å². The summed E-state index contributed by atoms with van der Waals surface area (Å²) in [7, 11) is 0. The fourth-order valence-corrected chi connectivity index (χ4v) is 2.01. The molecular weight excluding hydrogens is 226 g/mol. The Balaban J connectivity index is 2.17. The van der Waals surface area contributed by atoms with Crippen LogP contribution in [0.5, 0.6) is 0 Å². The van der Waals surface area contributed by atoms with E-state index in [0.29, 0.717) is 5.56 Å². The van der Waals surface area contributed by atoms with Crippen LogP contribution in [-0.4, -0.2) is 25.4 Å². The topological polar surface area (TPSA) is 41.1 Å². The van der Waals surface area contributed by atoms with Gasteiger partial charge >= 0.3 is 0 Å². The molecule has 0 aromatic heterocycles. The maximum absolute atomic E-state index is 12.0. The molecule has 0 atom stereocenters. The fourth-order valence-electron chi connectivity index (χ4n) is 2.01. The Morgan fingerprint density at radius 1 is 1.47 bits per heavy atom. The van der Waals surface area contributed by atoms with Crippen molar-refractivity contribution in [3.63, 3.8) is 0 Å². The quantitative estimate of drug-likeness (QED) is 0.836. The van der Waals surface area contributed by atoms with Gasteiger partial charge in [0.25, 0.3) is 12.3 Å². The summed E-state index contributed by atoms with van der Waals surface area (Å²) in [5.74, 6) is -0.413. The smallest absolute Gasteiger partial charge is 0.255 e. The largest absolute Gasteiger partial charge is 0.346 e. The monoisotopic (exact) mass is 240 g/mol. The highest BCUT2D eigenvalue weighted by Gasteiger charge is 2.17. The summed E-state index contributed by atoms with van der Waals surface area (Å²) in [6.45, 7) is 0.943. The van der Waals surface area contributed by atoms with E-state index in [0.717, 1.165) is 30.6 Å². The number of rotatable bonds is 3. The van der Waals surface area contributed by atoms with Crippen LogP contribution >= 0.6 is 0 Å². The molecule has 0 radical (unpaired) electrons. The van der Waals surface area contributed by atoms with Gasteiger partial charge in [0.05, 0.1) is 6.54 Å². The molecule has 1 aromatic rings. The van der Waals surface area contributed by atoms with Crippen molar-refractivity contribution < 1.29 is 13.6 Å². The van der Waals surface area contributed by atoms with Crippen LogP contribution in [0, 0.1) is 0 Å². The molecule has 92 valence electrons. The van der Waals surface area contributed by atoms with Crippen molar-refractivity contribution in [2.24, 2.45) is 0 Å². The fraction of sp³-hybridized carbons (Fsp3) is 0.417. The molecule has 2 rings (SSSR count). The number of fused-ring (bicyclic) bond motifs is 1. The van der Waals surface area contributed by atoms with Crippen LogP contribution in [-0.2, 0) is 13.0 Å². The summed E-state index contributed by atoms with van der Waals surface area (Å²) >= 11 is 0. The molecule has 17 heavy (non-hydrogen) atoms. The summed E-state index contributed by atoms with van der Waals surface area (Å²) < 4.78 is 24.1.